The molecule has 130 valence electrons. The summed E-state index contributed by atoms with van der Waals surface area (Å²) < 4.78 is 0. The van der Waals surface area contributed by atoms with E-state index in [1.54, 1.807) is 0 Å². The van der Waals surface area contributed by atoms with E-state index in [1.165, 1.54) is 0 Å². The zero-order chi connectivity index (χ0) is 19.1. The molecule has 2 aliphatic carbocycles. The third kappa shape index (κ3) is 2.33. The van der Waals surface area contributed by atoms with E-state index in [2.05, 4.69) is 36.4 Å². The minimum atomic E-state index is -1.52. The Hall–Kier alpha value is -3.03. The number of nitrogens with two attached hydrogens (primary N) is 1. The first-order valence-corrected chi connectivity index (χ1v) is 8.92. The molecule has 4 nitrogen and oxygen atoms in total. The third-order valence-corrected chi connectivity index (χ3v) is 5.85. The molecule has 0 saturated heterocycles. The fourth-order valence-electron chi connectivity index (χ4n) is 4.87. The third-order valence-electron chi connectivity index (χ3n) is 5.85. The Labute approximate surface area is 154 Å². The molecule has 0 bridgehead atoms. The number of hydrogen-bond acceptors (Lipinski definition) is 4. The highest BCUT2D eigenvalue weighted by molar-refractivity contribution is 5.60. The van der Waals surface area contributed by atoms with Crippen LogP contribution in [0.1, 0.15) is 47.4 Å². The summed E-state index contributed by atoms with van der Waals surface area (Å²) in [6.07, 6.45) is 4.81. The molecule has 1 aromatic rings. The normalized spacial score (nSPS) is 23.9. The number of fused-ring (bicyclic) bond motifs is 1. The van der Waals surface area contributed by atoms with Crippen molar-refractivity contribution in [1.29, 1.82) is 15.8 Å². The fourth-order valence-corrected chi connectivity index (χ4v) is 4.87. The maximum Gasteiger partial charge on any atom is 0.191 e. The van der Waals surface area contributed by atoms with E-state index in [0.29, 0.717) is 5.57 Å². The van der Waals surface area contributed by atoms with Gasteiger partial charge in [0.1, 0.15) is 6.07 Å². The van der Waals surface area contributed by atoms with Crippen molar-refractivity contribution >= 4 is 0 Å². The van der Waals surface area contributed by atoms with E-state index in [0.717, 1.165) is 47.1 Å². The SMILES string of the molecule is Cc1cc(C)c(C2C3CCCC=C3C(C#N)=C(N)C2(C#N)C#N)c(C)c1. The van der Waals surface area contributed by atoms with Gasteiger partial charge in [-0.05, 0) is 68.2 Å². The van der Waals surface area contributed by atoms with E-state index in [4.69, 9.17) is 5.73 Å². The van der Waals surface area contributed by atoms with Crippen LogP contribution in [0.15, 0.2) is 35.1 Å². The van der Waals surface area contributed by atoms with E-state index in [9.17, 15) is 15.8 Å². The van der Waals surface area contributed by atoms with Crippen LogP contribution in [0.25, 0.3) is 0 Å². The maximum atomic E-state index is 10.1. The van der Waals surface area contributed by atoms with Crippen molar-refractivity contribution in [3.8, 4) is 18.2 Å². The Morgan fingerprint density at radius 1 is 1.08 bits per heavy atom. The largest absolute Gasteiger partial charge is 0.399 e. The van der Waals surface area contributed by atoms with Crippen LogP contribution in [0.3, 0.4) is 0 Å². The van der Waals surface area contributed by atoms with Gasteiger partial charge in [0.05, 0.1) is 23.4 Å². The second-order valence-electron chi connectivity index (χ2n) is 7.42. The van der Waals surface area contributed by atoms with E-state index < -0.39 is 5.41 Å². The highest BCUT2D eigenvalue weighted by atomic mass is 14.7. The predicted molar refractivity (Wildman–Crippen MR) is 99.3 cm³/mol. The number of hydrogen-bond donors (Lipinski definition) is 1. The van der Waals surface area contributed by atoms with Crippen LogP contribution in [0, 0.1) is 66.1 Å². The molecule has 0 radical (unpaired) electrons. The molecule has 0 aromatic heterocycles. The lowest BCUT2D eigenvalue weighted by Gasteiger charge is -2.44. The quantitative estimate of drug-likeness (QED) is 0.826. The van der Waals surface area contributed by atoms with Crippen molar-refractivity contribution in [2.45, 2.75) is 46.0 Å². The van der Waals surface area contributed by atoms with E-state index in [1.807, 2.05) is 20.8 Å². The molecule has 2 aliphatic rings. The summed E-state index contributed by atoms with van der Waals surface area (Å²) in [6.45, 7) is 6.10. The standard InChI is InChI=1S/C22H22N4/c1-13-8-14(2)19(15(3)9-13)20-17-7-5-4-6-16(17)18(10-23)21(26)22(20,11-24)12-25/h6,8-9,17,20H,4-5,7,26H2,1-3H3. The fraction of sp³-hybridized carbons (Fsp3) is 0.409. The molecule has 26 heavy (non-hydrogen) atoms. The summed E-state index contributed by atoms with van der Waals surface area (Å²) in [5.41, 5.74) is 10.5. The smallest absolute Gasteiger partial charge is 0.191 e. The lowest BCUT2D eigenvalue weighted by Crippen LogP contribution is -2.43. The zero-order valence-corrected chi connectivity index (χ0v) is 15.4. The Bertz CT molecular complexity index is 922. The predicted octanol–water partition coefficient (Wildman–Crippen LogP) is 4.21. The molecule has 0 saturated carbocycles. The number of nitriles is 3. The van der Waals surface area contributed by atoms with Crippen LogP contribution < -0.4 is 5.73 Å². The minimum absolute atomic E-state index is 0.0369. The molecule has 0 heterocycles. The van der Waals surface area contributed by atoms with Gasteiger partial charge in [-0.2, -0.15) is 15.8 Å². The molecule has 4 heteroatoms. The summed E-state index contributed by atoms with van der Waals surface area (Å²) >= 11 is 0. The van der Waals surface area contributed by atoms with Crippen molar-refractivity contribution in [1.82, 2.24) is 0 Å². The molecule has 0 aliphatic heterocycles. The highest BCUT2D eigenvalue weighted by Crippen LogP contribution is 2.56. The average Bonchev–Trinajstić information content (AvgIpc) is 2.61. The van der Waals surface area contributed by atoms with E-state index in [-0.39, 0.29) is 17.5 Å². The summed E-state index contributed by atoms with van der Waals surface area (Å²) in [5, 5.41) is 29.8. The van der Waals surface area contributed by atoms with Gasteiger partial charge in [-0.1, -0.05) is 23.8 Å². The van der Waals surface area contributed by atoms with Gasteiger partial charge in [0.25, 0.3) is 0 Å². The summed E-state index contributed by atoms with van der Waals surface area (Å²) in [6, 6.07) is 10.8. The topological polar surface area (TPSA) is 97.4 Å². The zero-order valence-electron chi connectivity index (χ0n) is 15.4. The maximum absolute atomic E-state index is 10.1. The second-order valence-corrected chi connectivity index (χ2v) is 7.42. The Kier molecular flexibility index (Phi) is 4.35. The summed E-state index contributed by atoms with van der Waals surface area (Å²) in [7, 11) is 0. The number of benzene rings is 1. The van der Waals surface area contributed by atoms with Crippen molar-refractivity contribution in [2.24, 2.45) is 17.1 Å². The summed E-state index contributed by atoms with van der Waals surface area (Å²) in [5.74, 6) is -0.396. The first-order valence-electron chi connectivity index (χ1n) is 8.92. The number of aryl methyl sites for hydroxylation is 3. The van der Waals surface area contributed by atoms with Gasteiger partial charge in [-0.15, -0.1) is 0 Å². The molecular weight excluding hydrogens is 320 g/mol. The van der Waals surface area contributed by atoms with Gasteiger partial charge >= 0.3 is 0 Å². The number of rotatable bonds is 1. The van der Waals surface area contributed by atoms with Gasteiger partial charge < -0.3 is 5.73 Å². The van der Waals surface area contributed by atoms with Crippen LogP contribution in [0.2, 0.25) is 0 Å². The Morgan fingerprint density at radius 3 is 2.23 bits per heavy atom. The number of allylic oxidation sites excluding steroid dienone is 4. The van der Waals surface area contributed by atoms with Gasteiger partial charge in [0.2, 0.25) is 0 Å². The summed E-state index contributed by atoms with van der Waals surface area (Å²) in [4.78, 5) is 0. The van der Waals surface area contributed by atoms with Crippen LogP contribution in [0.4, 0.5) is 0 Å². The Morgan fingerprint density at radius 2 is 1.69 bits per heavy atom. The lowest BCUT2D eigenvalue weighted by atomic mass is 9.56. The molecule has 1 aromatic carbocycles. The van der Waals surface area contributed by atoms with Crippen molar-refractivity contribution in [3.05, 3.63) is 57.3 Å². The van der Waals surface area contributed by atoms with Crippen LogP contribution >= 0.6 is 0 Å². The van der Waals surface area contributed by atoms with E-state index >= 15 is 0 Å². The molecular formula is C22H22N4. The average molecular weight is 342 g/mol. The molecule has 2 atom stereocenters. The monoisotopic (exact) mass is 342 g/mol. The van der Waals surface area contributed by atoms with Gasteiger partial charge in [-0.25, -0.2) is 0 Å². The first kappa shape index (κ1) is 17.8. The number of nitrogens with zero attached hydrogens (tertiary/aromatic N) is 3. The van der Waals surface area contributed by atoms with Gasteiger partial charge in [0.15, 0.2) is 5.41 Å². The minimum Gasteiger partial charge on any atom is -0.399 e. The highest BCUT2D eigenvalue weighted by Gasteiger charge is 2.54. The van der Waals surface area contributed by atoms with Crippen LogP contribution in [-0.2, 0) is 0 Å². The van der Waals surface area contributed by atoms with Gasteiger partial charge in [-0.3, -0.25) is 0 Å². The molecule has 0 amide bonds. The van der Waals surface area contributed by atoms with Crippen molar-refractivity contribution < 1.29 is 0 Å². The molecule has 0 fully saturated rings. The molecule has 0 spiro atoms. The van der Waals surface area contributed by atoms with Crippen molar-refractivity contribution in [3.63, 3.8) is 0 Å². The molecule has 2 unspecified atom stereocenters. The molecule has 2 N–H and O–H groups in total. The van der Waals surface area contributed by atoms with Gasteiger partial charge in [0, 0.05) is 5.92 Å². The van der Waals surface area contributed by atoms with Crippen molar-refractivity contribution in [2.75, 3.05) is 0 Å². The van der Waals surface area contributed by atoms with Crippen LogP contribution in [0.5, 0.6) is 0 Å². The lowest BCUT2D eigenvalue weighted by molar-refractivity contribution is 0.315. The second kappa shape index (κ2) is 6.36. The first-order chi connectivity index (χ1) is 12.4. The molecule has 3 rings (SSSR count). The Balaban J connectivity index is 2.41. The van der Waals surface area contributed by atoms with Crippen LogP contribution in [-0.4, -0.2) is 0 Å².